The third-order valence-corrected chi connectivity index (χ3v) is 4.80. The minimum Gasteiger partial charge on any atom is -0.298 e. The number of nitrogens with zero attached hydrogens (tertiary/aromatic N) is 2. The Morgan fingerprint density at radius 1 is 1.32 bits per heavy atom. The lowest BCUT2D eigenvalue weighted by Gasteiger charge is -2.17. The second-order valence-corrected chi connectivity index (χ2v) is 6.09. The van der Waals surface area contributed by atoms with E-state index in [1.807, 2.05) is 0 Å². The normalized spacial score (nSPS) is 26.6. The molecular formula is C14H17ClN2O2. The summed E-state index contributed by atoms with van der Waals surface area (Å²) in [6, 6.07) is 4.70. The number of likely N-dealkylation sites (tertiary alicyclic amines) is 1. The zero-order valence-electron chi connectivity index (χ0n) is 10.7. The highest BCUT2D eigenvalue weighted by atomic mass is 35.5. The minimum absolute atomic E-state index is 0.124. The van der Waals surface area contributed by atoms with E-state index in [1.54, 1.807) is 12.1 Å². The van der Waals surface area contributed by atoms with E-state index in [-0.39, 0.29) is 10.6 Å². The number of benzene rings is 1. The van der Waals surface area contributed by atoms with Crippen molar-refractivity contribution >= 4 is 17.3 Å². The van der Waals surface area contributed by atoms with Crippen LogP contribution in [-0.4, -0.2) is 22.9 Å². The Morgan fingerprint density at radius 2 is 2.00 bits per heavy atom. The molecule has 0 spiro atoms. The highest BCUT2D eigenvalue weighted by Gasteiger charge is 2.35. The molecule has 4 nitrogen and oxygen atoms in total. The monoisotopic (exact) mass is 280 g/mol. The standard InChI is InChI=1S/C14H17ClN2O2/c15-14-5-4-13(17(18)19)6-12(14)9-16-7-10-2-1-3-11(10)8-16/h4-6,10-11H,1-3,7-9H2. The van der Waals surface area contributed by atoms with Crippen LogP contribution in [0.2, 0.25) is 5.02 Å². The summed E-state index contributed by atoms with van der Waals surface area (Å²) < 4.78 is 0. The summed E-state index contributed by atoms with van der Waals surface area (Å²) in [5, 5.41) is 11.4. The van der Waals surface area contributed by atoms with Gasteiger partial charge in [0, 0.05) is 36.8 Å². The predicted octanol–water partition coefficient (Wildman–Crippen LogP) is 3.48. The van der Waals surface area contributed by atoms with E-state index in [0.717, 1.165) is 37.0 Å². The first-order valence-electron chi connectivity index (χ1n) is 6.78. The second-order valence-electron chi connectivity index (χ2n) is 5.68. The van der Waals surface area contributed by atoms with Crippen molar-refractivity contribution in [2.75, 3.05) is 13.1 Å². The quantitative estimate of drug-likeness (QED) is 0.629. The minimum atomic E-state index is -0.363. The molecule has 0 bridgehead atoms. The van der Waals surface area contributed by atoms with Gasteiger partial charge in [-0.2, -0.15) is 0 Å². The first-order valence-corrected chi connectivity index (χ1v) is 7.16. The summed E-state index contributed by atoms with van der Waals surface area (Å²) in [4.78, 5) is 12.8. The van der Waals surface area contributed by atoms with Crippen LogP contribution in [0.5, 0.6) is 0 Å². The van der Waals surface area contributed by atoms with Crippen molar-refractivity contribution < 1.29 is 4.92 Å². The molecule has 1 saturated heterocycles. The van der Waals surface area contributed by atoms with Crippen LogP contribution in [0.15, 0.2) is 18.2 Å². The average Bonchev–Trinajstić information content (AvgIpc) is 2.92. The predicted molar refractivity (Wildman–Crippen MR) is 74.2 cm³/mol. The third kappa shape index (κ3) is 2.60. The van der Waals surface area contributed by atoms with Crippen LogP contribution < -0.4 is 0 Å². The lowest BCUT2D eigenvalue weighted by molar-refractivity contribution is -0.384. The largest absolute Gasteiger partial charge is 0.298 e. The maximum atomic E-state index is 10.8. The van der Waals surface area contributed by atoms with E-state index in [9.17, 15) is 10.1 Å². The molecule has 0 radical (unpaired) electrons. The summed E-state index contributed by atoms with van der Waals surface area (Å²) in [6.45, 7) is 2.96. The van der Waals surface area contributed by atoms with Gasteiger partial charge in [-0.1, -0.05) is 18.0 Å². The maximum Gasteiger partial charge on any atom is 0.269 e. The number of hydrogen-bond acceptors (Lipinski definition) is 3. The molecule has 0 N–H and O–H groups in total. The third-order valence-electron chi connectivity index (χ3n) is 4.44. The number of fused-ring (bicyclic) bond motifs is 1. The zero-order chi connectivity index (χ0) is 13.4. The molecule has 1 aliphatic heterocycles. The van der Waals surface area contributed by atoms with Crippen LogP contribution >= 0.6 is 11.6 Å². The SMILES string of the molecule is O=[N+]([O-])c1ccc(Cl)c(CN2CC3CCCC3C2)c1. The van der Waals surface area contributed by atoms with Crippen LogP contribution in [0.3, 0.4) is 0 Å². The van der Waals surface area contributed by atoms with Gasteiger partial charge in [0.1, 0.15) is 0 Å². The Balaban J connectivity index is 1.73. The number of halogens is 1. The molecule has 0 aromatic heterocycles. The van der Waals surface area contributed by atoms with Crippen LogP contribution in [0, 0.1) is 22.0 Å². The van der Waals surface area contributed by atoms with E-state index >= 15 is 0 Å². The van der Waals surface area contributed by atoms with Gasteiger partial charge in [0.15, 0.2) is 0 Å². The van der Waals surface area contributed by atoms with Crippen LogP contribution in [0.4, 0.5) is 5.69 Å². The molecule has 2 aliphatic rings. The van der Waals surface area contributed by atoms with Gasteiger partial charge >= 0.3 is 0 Å². The van der Waals surface area contributed by atoms with E-state index in [2.05, 4.69) is 4.90 Å². The summed E-state index contributed by atoms with van der Waals surface area (Å²) >= 11 is 6.15. The first kappa shape index (κ1) is 12.9. The first-order chi connectivity index (χ1) is 9.13. The van der Waals surface area contributed by atoms with Crippen LogP contribution in [0.1, 0.15) is 24.8 Å². The molecule has 1 aliphatic carbocycles. The van der Waals surface area contributed by atoms with Crippen molar-refractivity contribution in [3.05, 3.63) is 38.9 Å². The van der Waals surface area contributed by atoms with Crippen molar-refractivity contribution in [2.24, 2.45) is 11.8 Å². The van der Waals surface area contributed by atoms with Gasteiger partial charge in [-0.3, -0.25) is 15.0 Å². The number of rotatable bonds is 3. The van der Waals surface area contributed by atoms with Gasteiger partial charge in [-0.15, -0.1) is 0 Å². The zero-order valence-corrected chi connectivity index (χ0v) is 11.5. The molecule has 1 aromatic carbocycles. The van der Waals surface area contributed by atoms with E-state index in [0.29, 0.717) is 5.02 Å². The summed E-state index contributed by atoms with van der Waals surface area (Å²) in [6.07, 6.45) is 4.04. The molecule has 1 aromatic rings. The molecule has 2 atom stereocenters. The van der Waals surface area contributed by atoms with Crippen molar-refractivity contribution in [1.29, 1.82) is 0 Å². The molecule has 3 rings (SSSR count). The van der Waals surface area contributed by atoms with E-state index in [1.165, 1.54) is 25.3 Å². The Kier molecular flexibility index (Phi) is 3.46. The fraction of sp³-hybridized carbons (Fsp3) is 0.571. The summed E-state index contributed by atoms with van der Waals surface area (Å²) in [7, 11) is 0. The Morgan fingerprint density at radius 3 is 2.63 bits per heavy atom. The Labute approximate surface area is 117 Å². The topological polar surface area (TPSA) is 46.4 Å². The number of nitro groups is 1. The summed E-state index contributed by atoms with van der Waals surface area (Å²) in [5.74, 6) is 1.66. The van der Waals surface area contributed by atoms with Crippen molar-refractivity contribution in [2.45, 2.75) is 25.8 Å². The number of nitro benzene ring substituents is 1. The number of hydrogen-bond donors (Lipinski definition) is 0. The van der Waals surface area contributed by atoms with Crippen molar-refractivity contribution in [3.63, 3.8) is 0 Å². The van der Waals surface area contributed by atoms with E-state index < -0.39 is 0 Å². The molecule has 5 heteroatoms. The van der Waals surface area contributed by atoms with Crippen molar-refractivity contribution in [3.8, 4) is 0 Å². The van der Waals surface area contributed by atoms with Crippen molar-refractivity contribution in [1.82, 2.24) is 4.90 Å². The van der Waals surface area contributed by atoms with Gasteiger partial charge in [-0.05, 0) is 36.3 Å². The van der Waals surface area contributed by atoms with Gasteiger partial charge in [0.25, 0.3) is 5.69 Å². The lowest BCUT2D eigenvalue weighted by Crippen LogP contribution is -2.21. The van der Waals surface area contributed by atoms with Gasteiger partial charge < -0.3 is 0 Å². The van der Waals surface area contributed by atoms with Gasteiger partial charge in [-0.25, -0.2) is 0 Å². The molecule has 2 fully saturated rings. The molecule has 19 heavy (non-hydrogen) atoms. The average molecular weight is 281 g/mol. The smallest absolute Gasteiger partial charge is 0.269 e. The highest BCUT2D eigenvalue weighted by Crippen LogP contribution is 2.38. The molecular weight excluding hydrogens is 264 g/mol. The molecule has 2 unspecified atom stereocenters. The highest BCUT2D eigenvalue weighted by molar-refractivity contribution is 6.31. The van der Waals surface area contributed by atoms with Gasteiger partial charge in [0.05, 0.1) is 4.92 Å². The molecule has 102 valence electrons. The summed E-state index contributed by atoms with van der Waals surface area (Å²) in [5.41, 5.74) is 0.995. The number of non-ortho nitro benzene ring substituents is 1. The van der Waals surface area contributed by atoms with E-state index in [4.69, 9.17) is 11.6 Å². The van der Waals surface area contributed by atoms with Crippen LogP contribution in [-0.2, 0) is 6.54 Å². The van der Waals surface area contributed by atoms with Crippen LogP contribution in [0.25, 0.3) is 0 Å². The second kappa shape index (κ2) is 5.10. The molecule has 1 heterocycles. The maximum absolute atomic E-state index is 10.8. The fourth-order valence-electron chi connectivity index (χ4n) is 3.50. The Hall–Kier alpha value is -1.13. The fourth-order valence-corrected chi connectivity index (χ4v) is 3.68. The van der Waals surface area contributed by atoms with Gasteiger partial charge in [0.2, 0.25) is 0 Å². The lowest BCUT2D eigenvalue weighted by atomic mass is 10.0. The molecule has 1 saturated carbocycles. The molecule has 0 amide bonds. The Bertz CT molecular complexity index is 494.